The molecule has 106 valence electrons. The number of carbonyl (C=O) groups excluding carboxylic acids is 1. The van der Waals surface area contributed by atoms with Crippen LogP contribution in [0.2, 0.25) is 0 Å². The van der Waals surface area contributed by atoms with E-state index in [-0.39, 0.29) is 12.5 Å². The molecule has 1 N–H and O–H groups in total. The normalized spacial score (nSPS) is 12.2. The first kappa shape index (κ1) is 15.6. The summed E-state index contributed by atoms with van der Waals surface area (Å²) in [6, 6.07) is 2.93. The highest BCUT2D eigenvalue weighted by Crippen LogP contribution is 2.10. The number of methoxy groups -OCH3 is 1. The van der Waals surface area contributed by atoms with Crippen LogP contribution in [0.25, 0.3) is 0 Å². The van der Waals surface area contributed by atoms with Gasteiger partial charge in [0, 0.05) is 18.2 Å². The zero-order valence-electron chi connectivity index (χ0n) is 11.2. The summed E-state index contributed by atoms with van der Waals surface area (Å²) in [5.74, 6) is -1.60. The standard InChI is InChI=1S/C14H19F2NO2/c1-3-4-5-13(14(18)19-2)17-9-10-6-7-11(15)8-12(10)16/h6-8,13,17H,3-5,9H2,1-2H3. The third-order valence-electron chi connectivity index (χ3n) is 2.89. The first-order valence-electron chi connectivity index (χ1n) is 6.33. The summed E-state index contributed by atoms with van der Waals surface area (Å²) in [6.07, 6.45) is 2.46. The molecular formula is C14H19F2NO2. The fourth-order valence-electron chi connectivity index (χ4n) is 1.75. The molecule has 0 aliphatic carbocycles. The summed E-state index contributed by atoms with van der Waals surface area (Å²) >= 11 is 0. The number of ether oxygens (including phenoxy) is 1. The third kappa shape index (κ3) is 4.95. The van der Waals surface area contributed by atoms with E-state index in [1.807, 2.05) is 6.92 Å². The first-order valence-corrected chi connectivity index (χ1v) is 6.33. The van der Waals surface area contributed by atoms with E-state index in [9.17, 15) is 13.6 Å². The SMILES string of the molecule is CCCCC(NCc1ccc(F)cc1F)C(=O)OC. The smallest absolute Gasteiger partial charge is 0.322 e. The molecule has 1 unspecified atom stereocenters. The van der Waals surface area contributed by atoms with Gasteiger partial charge in [-0.3, -0.25) is 4.79 Å². The lowest BCUT2D eigenvalue weighted by Crippen LogP contribution is -2.37. The van der Waals surface area contributed by atoms with E-state index in [1.165, 1.54) is 19.2 Å². The van der Waals surface area contributed by atoms with Gasteiger partial charge >= 0.3 is 5.97 Å². The first-order chi connectivity index (χ1) is 9.08. The Bertz CT molecular complexity index is 424. The van der Waals surface area contributed by atoms with Gasteiger partial charge in [-0.15, -0.1) is 0 Å². The van der Waals surface area contributed by atoms with Gasteiger partial charge in [-0.25, -0.2) is 8.78 Å². The van der Waals surface area contributed by atoms with Crippen molar-refractivity contribution in [2.24, 2.45) is 0 Å². The average molecular weight is 271 g/mol. The van der Waals surface area contributed by atoms with E-state index in [1.54, 1.807) is 0 Å². The second kappa shape index (κ2) is 7.84. The lowest BCUT2D eigenvalue weighted by atomic mass is 10.1. The van der Waals surface area contributed by atoms with E-state index >= 15 is 0 Å². The fourth-order valence-corrected chi connectivity index (χ4v) is 1.75. The van der Waals surface area contributed by atoms with Crippen molar-refractivity contribution < 1.29 is 18.3 Å². The maximum absolute atomic E-state index is 13.4. The van der Waals surface area contributed by atoms with Gasteiger partial charge in [0.05, 0.1) is 7.11 Å². The van der Waals surface area contributed by atoms with Crippen LogP contribution in [0.3, 0.4) is 0 Å². The van der Waals surface area contributed by atoms with Crippen LogP contribution in [0.1, 0.15) is 31.7 Å². The van der Waals surface area contributed by atoms with Crippen LogP contribution >= 0.6 is 0 Å². The van der Waals surface area contributed by atoms with Crippen molar-refractivity contribution in [3.63, 3.8) is 0 Å². The van der Waals surface area contributed by atoms with Crippen LogP contribution in [0.5, 0.6) is 0 Å². The number of halogens is 2. The molecule has 5 heteroatoms. The van der Waals surface area contributed by atoms with Crippen molar-refractivity contribution in [1.29, 1.82) is 0 Å². The third-order valence-corrected chi connectivity index (χ3v) is 2.89. The summed E-state index contributed by atoms with van der Waals surface area (Å²) in [4.78, 5) is 11.5. The van der Waals surface area contributed by atoms with E-state index in [4.69, 9.17) is 4.74 Å². The highest BCUT2D eigenvalue weighted by molar-refractivity contribution is 5.75. The molecule has 1 aromatic rings. The van der Waals surface area contributed by atoms with E-state index in [0.29, 0.717) is 12.0 Å². The molecule has 0 aromatic heterocycles. The van der Waals surface area contributed by atoms with Crippen LogP contribution < -0.4 is 5.32 Å². The Balaban J connectivity index is 2.62. The van der Waals surface area contributed by atoms with Crippen molar-refractivity contribution in [2.45, 2.75) is 38.8 Å². The monoisotopic (exact) mass is 271 g/mol. The number of hydrogen-bond donors (Lipinski definition) is 1. The number of benzene rings is 1. The Kier molecular flexibility index (Phi) is 6.42. The van der Waals surface area contributed by atoms with Crippen LogP contribution in [0, 0.1) is 11.6 Å². The minimum Gasteiger partial charge on any atom is -0.468 e. The number of rotatable bonds is 7. The van der Waals surface area contributed by atoms with E-state index < -0.39 is 17.7 Å². The van der Waals surface area contributed by atoms with Gasteiger partial charge in [-0.1, -0.05) is 25.8 Å². The lowest BCUT2D eigenvalue weighted by molar-refractivity contribution is -0.143. The second-order valence-electron chi connectivity index (χ2n) is 4.33. The minimum atomic E-state index is -0.619. The summed E-state index contributed by atoms with van der Waals surface area (Å²) in [5, 5.41) is 2.94. The molecule has 19 heavy (non-hydrogen) atoms. The summed E-state index contributed by atoms with van der Waals surface area (Å²) < 4.78 is 30.9. The maximum atomic E-state index is 13.4. The summed E-state index contributed by atoms with van der Waals surface area (Å²) in [5.41, 5.74) is 0.326. The number of unbranched alkanes of at least 4 members (excludes halogenated alkanes) is 1. The Morgan fingerprint density at radius 1 is 1.42 bits per heavy atom. The number of hydrogen-bond acceptors (Lipinski definition) is 3. The van der Waals surface area contributed by atoms with E-state index in [2.05, 4.69) is 5.32 Å². The Labute approximate surface area is 112 Å². The molecule has 0 saturated carbocycles. The van der Waals surface area contributed by atoms with Gasteiger partial charge in [0.15, 0.2) is 0 Å². The second-order valence-corrected chi connectivity index (χ2v) is 4.33. The van der Waals surface area contributed by atoms with Gasteiger partial charge in [-0.05, 0) is 12.5 Å². The molecule has 0 heterocycles. The quantitative estimate of drug-likeness (QED) is 0.775. The molecule has 0 fully saturated rings. The Morgan fingerprint density at radius 2 is 2.16 bits per heavy atom. The summed E-state index contributed by atoms with van der Waals surface area (Å²) in [7, 11) is 1.32. The molecule has 0 bridgehead atoms. The van der Waals surface area contributed by atoms with Crippen molar-refractivity contribution in [1.82, 2.24) is 5.32 Å². The molecule has 1 rings (SSSR count). The van der Waals surface area contributed by atoms with Crippen molar-refractivity contribution in [3.8, 4) is 0 Å². The highest BCUT2D eigenvalue weighted by atomic mass is 19.1. The van der Waals surface area contributed by atoms with Crippen LogP contribution in [-0.4, -0.2) is 19.1 Å². The van der Waals surface area contributed by atoms with Crippen LogP contribution in [0.15, 0.2) is 18.2 Å². The molecule has 0 aliphatic heterocycles. The topological polar surface area (TPSA) is 38.3 Å². The van der Waals surface area contributed by atoms with Gasteiger partial charge in [0.25, 0.3) is 0 Å². The number of esters is 1. The highest BCUT2D eigenvalue weighted by Gasteiger charge is 2.18. The van der Waals surface area contributed by atoms with Gasteiger partial charge in [-0.2, -0.15) is 0 Å². The molecular weight excluding hydrogens is 252 g/mol. The molecule has 1 atom stereocenters. The molecule has 0 amide bonds. The van der Waals surface area contributed by atoms with Gasteiger partial charge in [0.2, 0.25) is 0 Å². The van der Waals surface area contributed by atoms with Crippen LogP contribution in [-0.2, 0) is 16.1 Å². The predicted octanol–water partition coefficient (Wildman–Crippen LogP) is 2.79. The molecule has 1 aromatic carbocycles. The fraction of sp³-hybridized carbons (Fsp3) is 0.500. The van der Waals surface area contributed by atoms with Gasteiger partial charge < -0.3 is 10.1 Å². The van der Waals surface area contributed by atoms with E-state index in [0.717, 1.165) is 18.9 Å². The zero-order chi connectivity index (χ0) is 14.3. The van der Waals surface area contributed by atoms with Gasteiger partial charge in [0.1, 0.15) is 17.7 Å². The largest absolute Gasteiger partial charge is 0.468 e. The van der Waals surface area contributed by atoms with Crippen molar-refractivity contribution >= 4 is 5.97 Å². The molecule has 0 spiro atoms. The van der Waals surface area contributed by atoms with Crippen LogP contribution in [0.4, 0.5) is 8.78 Å². The maximum Gasteiger partial charge on any atom is 0.322 e. The van der Waals surface area contributed by atoms with Crippen molar-refractivity contribution in [2.75, 3.05) is 7.11 Å². The number of nitrogens with one attached hydrogen (secondary N) is 1. The minimum absolute atomic E-state index is 0.162. The molecule has 0 radical (unpaired) electrons. The number of carbonyl (C=O) groups is 1. The Hall–Kier alpha value is -1.49. The average Bonchev–Trinajstić information content (AvgIpc) is 2.40. The summed E-state index contributed by atoms with van der Waals surface area (Å²) in [6.45, 7) is 2.18. The molecule has 3 nitrogen and oxygen atoms in total. The predicted molar refractivity (Wildman–Crippen MR) is 68.5 cm³/mol. The van der Waals surface area contributed by atoms with Crippen molar-refractivity contribution in [3.05, 3.63) is 35.4 Å². The zero-order valence-corrected chi connectivity index (χ0v) is 11.2. The molecule has 0 saturated heterocycles. The lowest BCUT2D eigenvalue weighted by Gasteiger charge is -2.16. The molecule has 0 aliphatic rings. The Morgan fingerprint density at radius 3 is 2.74 bits per heavy atom.